The molecule has 2 atom stereocenters. The van der Waals surface area contributed by atoms with E-state index in [0.717, 1.165) is 23.6 Å². The Hall–Kier alpha value is -2.44. The molecule has 130 valence electrons. The highest BCUT2D eigenvalue weighted by Gasteiger charge is 2.29. The molecule has 0 N–H and O–H groups in total. The molecule has 0 unspecified atom stereocenters. The Morgan fingerprint density at radius 2 is 2.08 bits per heavy atom. The normalized spacial score (nSPS) is 21.5. The molecule has 1 aliphatic heterocycles. The number of nitrogens with zero attached hydrogens (tertiary/aromatic N) is 4. The fourth-order valence-electron chi connectivity index (χ4n) is 3.31. The summed E-state index contributed by atoms with van der Waals surface area (Å²) in [5.74, 6) is 0.855. The van der Waals surface area contributed by atoms with Crippen LogP contribution in [-0.4, -0.2) is 39.1 Å². The standard InChI is InChI=1S/C19H22N4O2/c1-14-10-23(19(13-24-14)15-6-4-3-5-7-15)12-17-8-18(21-25-17)16-9-20-22(2)11-16/h3-9,11,14,19H,10,12-13H2,1-2H3/t14-,19-/m1/s1. The summed E-state index contributed by atoms with van der Waals surface area (Å²) in [6.07, 6.45) is 3.94. The van der Waals surface area contributed by atoms with E-state index in [2.05, 4.69) is 46.3 Å². The highest BCUT2D eigenvalue weighted by Crippen LogP contribution is 2.28. The summed E-state index contributed by atoms with van der Waals surface area (Å²) in [7, 11) is 1.89. The lowest BCUT2D eigenvalue weighted by molar-refractivity contribution is -0.0621. The van der Waals surface area contributed by atoms with E-state index >= 15 is 0 Å². The van der Waals surface area contributed by atoms with Crippen molar-refractivity contribution < 1.29 is 9.26 Å². The second kappa shape index (κ2) is 6.82. The first kappa shape index (κ1) is 16.1. The highest BCUT2D eigenvalue weighted by molar-refractivity contribution is 5.56. The molecule has 0 spiro atoms. The molecule has 25 heavy (non-hydrogen) atoms. The molecule has 3 heterocycles. The molecule has 0 aliphatic carbocycles. The van der Waals surface area contributed by atoms with Crippen LogP contribution >= 0.6 is 0 Å². The van der Waals surface area contributed by atoms with Gasteiger partial charge in [-0.2, -0.15) is 5.10 Å². The smallest absolute Gasteiger partial charge is 0.151 e. The van der Waals surface area contributed by atoms with Crippen LogP contribution in [-0.2, 0) is 18.3 Å². The average molecular weight is 338 g/mol. The Morgan fingerprint density at radius 1 is 1.24 bits per heavy atom. The van der Waals surface area contributed by atoms with Gasteiger partial charge in [0.15, 0.2) is 5.76 Å². The first-order chi connectivity index (χ1) is 12.2. The Kier molecular flexibility index (Phi) is 4.38. The Labute approximate surface area is 147 Å². The second-order valence-corrected chi connectivity index (χ2v) is 6.58. The molecule has 2 aromatic heterocycles. The van der Waals surface area contributed by atoms with E-state index in [0.29, 0.717) is 13.2 Å². The van der Waals surface area contributed by atoms with E-state index < -0.39 is 0 Å². The van der Waals surface area contributed by atoms with Crippen LogP contribution in [0.25, 0.3) is 11.3 Å². The summed E-state index contributed by atoms with van der Waals surface area (Å²) in [6.45, 7) is 4.37. The van der Waals surface area contributed by atoms with E-state index in [-0.39, 0.29) is 12.1 Å². The minimum Gasteiger partial charge on any atom is -0.375 e. The van der Waals surface area contributed by atoms with Crippen LogP contribution in [0.4, 0.5) is 0 Å². The molecule has 6 nitrogen and oxygen atoms in total. The van der Waals surface area contributed by atoms with Crippen LogP contribution < -0.4 is 0 Å². The van der Waals surface area contributed by atoms with Crippen molar-refractivity contribution in [3.05, 3.63) is 60.1 Å². The zero-order valence-corrected chi connectivity index (χ0v) is 14.5. The third-order valence-corrected chi connectivity index (χ3v) is 4.57. The van der Waals surface area contributed by atoms with E-state index in [1.165, 1.54) is 5.56 Å². The topological polar surface area (TPSA) is 56.3 Å². The predicted octanol–water partition coefficient (Wildman–Crippen LogP) is 3.04. The molecule has 0 amide bonds. The number of hydrogen-bond acceptors (Lipinski definition) is 5. The molecule has 1 aromatic carbocycles. The predicted molar refractivity (Wildman–Crippen MR) is 93.7 cm³/mol. The van der Waals surface area contributed by atoms with E-state index in [4.69, 9.17) is 9.26 Å². The molecule has 1 saturated heterocycles. The lowest BCUT2D eigenvalue weighted by atomic mass is 10.0. The largest absolute Gasteiger partial charge is 0.375 e. The second-order valence-electron chi connectivity index (χ2n) is 6.58. The zero-order valence-electron chi connectivity index (χ0n) is 14.5. The van der Waals surface area contributed by atoms with E-state index in [1.54, 1.807) is 10.9 Å². The van der Waals surface area contributed by atoms with Gasteiger partial charge >= 0.3 is 0 Å². The lowest BCUT2D eigenvalue weighted by Crippen LogP contribution is -2.43. The van der Waals surface area contributed by atoms with Crippen molar-refractivity contribution in [1.82, 2.24) is 19.8 Å². The van der Waals surface area contributed by atoms with Crippen molar-refractivity contribution in [3.63, 3.8) is 0 Å². The van der Waals surface area contributed by atoms with Crippen LogP contribution in [0.3, 0.4) is 0 Å². The SMILES string of the molecule is C[C@@H]1CN(Cc2cc(-c3cnn(C)c3)no2)[C@@H](c2ccccc2)CO1. The van der Waals surface area contributed by atoms with Crippen molar-refractivity contribution in [2.45, 2.75) is 25.6 Å². The summed E-state index contributed by atoms with van der Waals surface area (Å²) in [6, 6.07) is 12.7. The number of hydrogen-bond donors (Lipinski definition) is 0. The third-order valence-electron chi connectivity index (χ3n) is 4.57. The summed E-state index contributed by atoms with van der Waals surface area (Å²) in [5, 5.41) is 8.38. The average Bonchev–Trinajstić information content (AvgIpc) is 3.25. The summed E-state index contributed by atoms with van der Waals surface area (Å²) >= 11 is 0. The van der Waals surface area contributed by atoms with Crippen LogP contribution in [0.15, 0.2) is 53.3 Å². The van der Waals surface area contributed by atoms with E-state index in [9.17, 15) is 0 Å². The van der Waals surface area contributed by atoms with Gasteiger partial charge in [0.25, 0.3) is 0 Å². The Balaban J connectivity index is 1.54. The van der Waals surface area contributed by atoms with Gasteiger partial charge in [0, 0.05) is 31.4 Å². The summed E-state index contributed by atoms with van der Waals surface area (Å²) in [4.78, 5) is 2.40. The maximum Gasteiger partial charge on any atom is 0.151 e. The Morgan fingerprint density at radius 3 is 2.84 bits per heavy atom. The maximum atomic E-state index is 5.89. The fourth-order valence-corrected chi connectivity index (χ4v) is 3.31. The maximum absolute atomic E-state index is 5.89. The lowest BCUT2D eigenvalue weighted by Gasteiger charge is -2.38. The number of aryl methyl sites for hydroxylation is 1. The van der Waals surface area contributed by atoms with Crippen LogP contribution in [0, 0.1) is 0 Å². The molecule has 6 heteroatoms. The summed E-state index contributed by atoms with van der Waals surface area (Å²) < 4.78 is 13.2. The minimum absolute atomic E-state index is 0.209. The van der Waals surface area contributed by atoms with Gasteiger partial charge in [0.05, 0.1) is 31.5 Å². The Bertz CT molecular complexity index is 827. The van der Waals surface area contributed by atoms with Gasteiger partial charge in [-0.15, -0.1) is 0 Å². The first-order valence-electron chi connectivity index (χ1n) is 8.54. The van der Waals surface area contributed by atoms with Gasteiger partial charge in [0.1, 0.15) is 5.69 Å². The quantitative estimate of drug-likeness (QED) is 0.732. The third kappa shape index (κ3) is 3.50. The van der Waals surface area contributed by atoms with Gasteiger partial charge in [-0.25, -0.2) is 0 Å². The minimum atomic E-state index is 0.209. The molecule has 0 bridgehead atoms. The van der Waals surface area contributed by atoms with Crippen LogP contribution in [0.1, 0.15) is 24.3 Å². The molecule has 0 radical (unpaired) electrons. The molecular formula is C19H22N4O2. The van der Waals surface area contributed by atoms with Crippen molar-refractivity contribution in [2.24, 2.45) is 7.05 Å². The number of ether oxygens (including phenoxy) is 1. The van der Waals surface area contributed by atoms with Crippen molar-refractivity contribution in [1.29, 1.82) is 0 Å². The number of rotatable bonds is 4. The van der Waals surface area contributed by atoms with Crippen molar-refractivity contribution in [2.75, 3.05) is 13.2 Å². The molecular weight excluding hydrogens is 316 g/mol. The molecule has 1 aliphatic rings. The first-order valence-corrected chi connectivity index (χ1v) is 8.54. The van der Waals surface area contributed by atoms with Crippen molar-refractivity contribution >= 4 is 0 Å². The molecule has 0 saturated carbocycles. The van der Waals surface area contributed by atoms with Crippen molar-refractivity contribution in [3.8, 4) is 11.3 Å². The highest BCUT2D eigenvalue weighted by atomic mass is 16.5. The molecule has 3 aromatic rings. The number of benzene rings is 1. The summed E-state index contributed by atoms with van der Waals surface area (Å²) in [5.41, 5.74) is 3.05. The van der Waals surface area contributed by atoms with Crippen LogP contribution in [0.2, 0.25) is 0 Å². The number of aromatic nitrogens is 3. The zero-order chi connectivity index (χ0) is 17.2. The fraction of sp³-hybridized carbons (Fsp3) is 0.368. The number of morpholine rings is 1. The van der Waals surface area contributed by atoms with Gasteiger partial charge in [-0.3, -0.25) is 9.58 Å². The molecule has 1 fully saturated rings. The molecule has 4 rings (SSSR count). The van der Waals surface area contributed by atoms with Gasteiger partial charge in [-0.05, 0) is 12.5 Å². The van der Waals surface area contributed by atoms with Gasteiger partial charge < -0.3 is 9.26 Å². The van der Waals surface area contributed by atoms with Crippen LogP contribution in [0.5, 0.6) is 0 Å². The monoisotopic (exact) mass is 338 g/mol. The van der Waals surface area contributed by atoms with Gasteiger partial charge in [-0.1, -0.05) is 35.5 Å². The van der Waals surface area contributed by atoms with E-state index in [1.807, 2.05) is 25.4 Å². The van der Waals surface area contributed by atoms with Gasteiger partial charge in [0.2, 0.25) is 0 Å².